The van der Waals surface area contributed by atoms with Gasteiger partial charge in [0.1, 0.15) is 5.75 Å². The fourth-order valence-electron chi connectivity index (χ4n) is 8.20. The van der Waals surface area contributed by atoms with Gasteiger partial charge in [-0.05, 0) is 80.8 Å². The number of nitrogens with one attached hydrogen (secondary N) is 1. The van der Waals surface area contributed by atoms with Gasteiger partial charge in [-0.3, -0.25) is 9.21 Å². The van der Waals surface area contributed by atoms with Crippen LogP contribution in [0.5, 0.6) is 5.75 Å². The number of piperidine rings is 3. The van der Waals surface area contributed by atoms with Crippen molar-refractivity contribution in [1.29, 1.82) is 0 Å². The number of hydrogen-bond donors (Lipinski definition) is 1. The van der Waals surface area contributed by atoms with E-state index in [4.69, 9.17) is 4.74 Å². The Balaban J connectivity index is 1.37. The van der Waals surface area contributed by atoms with Gasteiger partial charge in [0.2, 0.25) is 10.0 Å². The van der Waals surface area contributed by atoms with Gasteiger partial charge in [-0.2, -0.15) is 0 Å². The normalized spacial score (nSPS) is 26.9. The summed E-state index contributed by atoms with van der Waals surface area (Å²) in [5.41, 5.74) is 4.37. The Hall–Kier alpha value is -2.87. The first kappa shape index (κ1) is 29.2. The number of methoxy groups -OCH3 is 1. The largest absolute Gasteiger partial charge is 0.496 e. The van der Waals surface area contributed by atoms with Crippen LogP contribution >= 0.6 is 0 Å². The third kappa shape index (κ3) is 5.24. The van der Waals surface area contributed by atoms with E-state index >= 15 is 0 Å². The Bertz CT molecular complexity index is 1420. The lowest BCUT2D eigenvalue weighted by molar-refractivity contribution is -0.0706. The molecule has 0 amide bonds. The smallest absolute Gasteiger partial charge is 0.237 e. The maximum Gasteiger partial charge on any atom is 0.237 e. The van der Waals surface area contributed by atoms with Crippen molar-refractivity contribution in [2.24, 2.45) is 11.8 Å². The lowest BCUT2D eigenvalue weighted by atomic mass is 9.64. The standard InChI is InChI=1S/C35H45N3O3S/c1-24(2)42(39,40)37(3)28-18-19-32(41-4)27(22-28)23-36-34-30-20-21-38(31-17-11-16-29(30)31)35(34)33(25-12-7-5-8-13-25)26-14-9-6-10-15-26/h5-10,12-15,18-19,22,24,29-31,33-36H,11,16-17,20-21,23H2,1-4H3. The molecular weight excluding hydrogens is 542 g/mol. The molecule has 6 nitrogen and oxygen atoms in total. The van der Waals surface area contributed by atoms with Crippen molar-refractivity contribution < 1.29 is 13.2 Å². The zero-order valence-corrected chi connectivity index (χ0v) is 26.1. The molecule has 3 saturated heterocycles. The van der Waals surface area contributed by atoms with Crippen molar-refractivity contribution in [3.8, 4) is 5.75 Å². The first-order chi connectivity index (χ1) is 20.3. The van der Waals surface area contributed by atoms with Crippen LogP contribution in [0, 0.1) is 11.8 Å². The lowest BCUT2D eigenvalue weighted by Crippen LogP contribution is -2.69. The summed E-state index contributed by atoms with van der Waals surface area (Å²) in [6, 6.07) is 29.1. The van der Waals surface area contributed by atoms with E-state index < -0.39 is 15.3 Å². The number of fused-ring (bicyclic) bond motifs is 2. The van der Waals surface area contributed by atoms with Gasteiger partial charge in [0.05, 0.1) is 18.0 Å². The molecule has 6 atom stereocenters. The molecule has 1 aliphatic carbocycles. The van der Waals surface area contributed by atoms with E-state index in [0.29, 0.717) is 36.3 Å². The molecule has 0 aromatic heterocycles. The third-order valence-electron chi connectivity index (χ3n) is 10.2. The van der Waals surface area contributed by atoms with Crippen LogP contribution < -0.4 is 14.4 Å². The van der Waals surface area contributed by atoms with Gasteiger partial charge in [0.25, 0.3) is 0 Å². The summed E-state index contributed by atoms with van der Waals surface area (Å²) in [4.78, 5) is 2.86. The zero-order chi connectivity index (χ0) is 29.4. The van der Waals surface area contributed by atoms with Crippen molar-refractivity contribution >= 4 is 15.7 Å². The van der Waals surface area contributed by atoms with Gasteiger partial charge in [0.15, 0.2) is 0 Å². The van der Waals surface area contributed by atoms with Gasteiger partial charge in [-0.1, -0.05) is 67.1 Å². The Labute approximate surface area is 252 Å². The fourth-order valence-corrected chi connectivity index (χ4v) is 9.24. The van der Waals surface area contributed by atoms with Crippen LogP contribution in [0.3, 0.4) is 0 Å². The average Bonchev–Trinajstić information content (AvgIpc) is 3.53. The summed E-state index contributed by atoms with van der Waals surface area (Å²) in [6.07, 6.45) is 5.15. The summed E-state index contributed by atoms with van der Waals surface area (Å²) in [5.74, 6) is 2.38. The predicted molar refractivity (Wildman–Crippen MR) is 171 cm³/mol. The summed E-state index contributed by atoms with van der Waals surface area (Å²) < 4.78 is 33.1. The SMILES string of the molecule is COc1ccc(N(C)S(=O)(=O)C(C)C)cc1CNC1C2CCN(C3CCCC23)C1C(c1ccccc1)c1ccccc1. The van der Waals surface area contributed by atoms with Gasteiger partial charge in [-0.25, -0.2) is 8.42 Å². The van der Waals surface area contributed by atoms with Crippen LogP contribution in [0.1, 0.15) is 62.1 Å². The van der Waals surface area contributed by atoms with E-state index in [2.05, 4.69) is 70.9 Å². The monoisotopic (exact) mass is 587 g/mol. The maximum absolute atomic E-state index is 13.0. The van der Waals surface area contributed by atoms with Crippen LogP contribution in [0.15, 0.2) is 78.9 Å². The van der Waals surface area contributed by atoms with E-state index in [1.807, 2.05) is 18.2 Å². The molecule has 6 unspecified atom stereocenters. The van der Waals surface area contributed by atoms with Crippen LogP contribution in [-0.2, 0) is 16.6 Å². The van der Waals surface area contributed by atoms with Crippen LogP contribution in [-0.4, -0.2) is 57.4 Å². The highest BCUT2D eigenvalue weighted by Gasteiger charge is 2.55. The van der Waals surface area contributed by atoms with E-state index in [1.54, 1.807) is 28.0 Å². The van der Waals surface area contributed by atoms with Crippen LogP contribution in [0.2, 0.25) is 0 Å². The van der Waals surface area contributed by atoms with Crippen molar-refractivity contribution in [3.63, 3.8) is 0 Å². The molecule has 42 heavy (non-hydrogen) atoms. The minimum Gasteiger partial charge on any atom is -0.496 e. The molecule has 4 fully saturated rings. The van der Waals surface area contributed by atoms with Crippen LogP contribution in [0.4, 0.5) is 5.69 Å². The Kier molecular flexibility index (Phi) is 8.36. The number of benzene rings is 3. The van der Waals surface area contributed by atoms with Gasteiger partial charge < -0.3 is 10.1 Å². The summed E-state index contributed by atoms with van der Waals surface area (Å²) in [5, 5.41) is 3.57. The molecule has 7 heteroatoms. The molecule has 3 aromatic rings. The molecule has 3 aliphatic heterocycles. The Morgan fingerprint density at radius 3 is 2.21 bits per heavy atom. The van der Waals surface area contributed by atoms with E-state index in [-0.39, 0.29) is 5.92 Å². The van der Waals surface area contributed by atoms with Gasteiger partial charge in [0, 0.05) is 43.2 Å². The van der Waals surface area contributed by atoms with Crippen molar-refractivity contribution in [2.75, 3.05) is 25.0 Å². The van der Waals surface area contributed by atoms with E-state index in [0.717, 1.165) is 23.8 Å². The highest BCUT2D eigenvalue weighted by atomic mass is 32.2. The molecular formula is C35H45N3O3S. The number of rotatable bonds is 10. The molecule has 1 saturated carbocycles. The second-order valence-corrected chi connectivity index (χ2v) is 15.1. The number of nitrogens with zero attached hydrogens (tertiary/aromatic N) is 2. The topological polar surface area (TPSA) is 61.9 Å². The van der Waals surface area contributed by atoms with E-state index in [1.165, 1.54) is 41.1 Å². The first-order valence-corrected chi connectivity index (χ1v) is 17.0. The number of ether oxygens (including phenoxy) is 1. The second kappa shape index (κ2) is 12.0. The highest BCUT2D eigenvalue weighted by molar-refractivity contribution is 7.93. The second-order valence-electron chi connectivity index (χ2n) is 12.6. The van der Waals surface area contributed by atoms with Crippen molar-refractivity contribution in [3.05, 3.63) is 95.6 Å². The molecule has 3 heterocycles. The molecule has 3 aromatic carbocycles. The Morgan fingerprint density at radius 2 is 1.60 bits per heavy atom. The molecule has 2 bridgehead atoms. The summed E-state index contributed by atoms with van der Waals surface area (Å²) in [7, 11) is -0.105. The highest BCUT2D eigenvalue weighted by Crippen LogP contribution is 2.52. The third-order valence-corrected chi connectivity index (χ3v) is 12.4. The van der Waals surface area contributed by atoms with Crippen molar-refractivity contribution in [2.45, 2.75) is 75.4 Å². The first-order valence-electron chi connectivity index (χ1n) is 15.5. The number of anilines is 1. The van der Waals surface area contributed by atoms with Gasteiger partial charge in [-0.15, -0.1) is 0 Å². The minimum absolute atomic E-state index is 0.254. The molecule has 0 spiro atoms. The summed E-state index contributed by atoms with van der Waals surface area (Å²) >= 11 is 0. The van der Waals surface area contributed by atoms with Crippen molar-refractivity contribution in [1.82, 2.24) is 10.2 Å². The fraction of sp³-hybridized carbons (Fsp3) is 0.486. The predicted octanol–water partition coefficient (Wildman–Crippen LogP) is 6.03. The molecule has 224 valence electrons. The minimum atomic E-state index is -3.43. The van der Waals surface area contributed by atoms with Crippen LogP contribution in [0.25, 0.3) is 0 Å². The van der Waals surface area contributed by atoms with Gasteiger partial charge >= 0.3 is 0 Å². The molecule has 1 N–H and O–H groups in total. The van der Waals surface area contributed by atoms with E-state index in [9.17, 15) is 8.42 Å². The zero-order valence-electron chi connectivity index (χ0n) is 25.3. The molecule has 0 radical (unpaired) electrons. The average molecular weight is 588 g/mol. The number of hydrogen-bond acceptors (Lipinski definition) is 5. The quantitative estimate of drug-likeness (QED) is 0.314. The maximum atomic E-state index is 13.0. The molecule has 4 aliphatic rings. The lowest BCUT2D eigenvalue weighted by Gasteiger charge is -2.60. The number of sulfonamides is 1. The Morgan fingerprint density at radius 1 is 0.929 bits per heavy atom. The molecule has 7 rings (SSSR count). The summed E-state index contributed by atoms with van der Waals surface area (Å²) in [6.45, 7) is 5.21.